The van der Waals surface area contributed by atoms with Gasteiger partial charge in [-0.05, 0) is 23.3 Å². The van der Waals surface area contributed by atoms with E-state index in [9.17, 15) is 4.79 Å². The van der Waals surface area contributed by atoms with E-state index in [1.807, 2.05) is 66.7 Å². The molecule has 0 atom stereocenters. The molecule has 0 heterocycles. The molecule has 0 spiro atoms. The average molecular weight is 301 g/mol. The van der Waals surface area contributed by atoms with E-state index < -0.39 is 0 Å². The van der Waals surface area contributed by atoms with Gasteiger partial charge in [0, 0.05) is 18.0 Å². The molecule has 1 amide bonds. The van der Waals surface area contributed by atoms with Crippen molar-refractivity contribution in [2.75, 3.05) is 6.54 Å². The molecule has 114 valence electrons. The lowest BCUT2D eigenvalue weighted by Crippen LogP contribution is -2.28. The smallest absolute Gasteiger partial charge is 0.251 e. The van der Waals surface area contributed by atoms with Crippen LogP contribution in [0.3, 0.4) is 0 Å². The molecule has 2 heteroatoms. The van der Waals surface area contributed by atoms with Crippen LogP contribution in [0.4, 0.5) is 0 Å². The van der Waals surface area contributed by atoms with Gasteiger partial charge < -0.3 is 5.32 Å². The van der Waals surface area contributed by atoms with Gasteiger partial charge in [0.05, 0.1) is 0 Å². The third-order valence-electron chi connectivity index (χ3n) is 3.91. The van der Waals surface area contributed by atoms with Crippen LogP contribution in [0, 0.1) is 0 Å². The zero-order valence-corrected chi connectivity index (χ0v) is 12.9. The van der Waals surface area contributed by atoms with Crippen LogP contribution in [0.15, 0.2) is 91.0 Å². The van der Waals surface area contributed by atoms with E-state index in [2.05, 4.69) is 29.6 Å². The summed E-state index contributed by atoms with van der Waals surface area (Å²) >= 11 is 0. The van der Waals surface area contributed by atoms with E-state index in [4.69, 9.17) is 0 Å². The third kappa shape index (κ3) is 3.86. The summed E-state index contributed by atoms with van der Waals surface area (Å²) in [5.41, 5.74) is 3.09. The number of rotatable bonds is 5. The molecule has 3 aromatic carbocycles. The normalized spacial score (nSPS) is 10.5. The van der Waals surface area contributed by atoms with E-state index >= 15 is 0 Å². The predicted octanol–water partition coefficient (Wildman–Crippen LogP) is 4.25. The fourth-order valence-corrected chi connectivity index (χ4v) is 2.69. The van der Waals surface area contributed by atoms with Crippen molar-refractivity contribution in [3.8, 4) is 0 Å². The number of hydrogen-bond acceptors (Lipinski definition) is 1. The maximum absolute atomic E-state index is 12.3. The quantitative estimate of drug-likeness (QED) is 0.750. The van der Waals surface area contributed by atoms with Crippen LogP contribution in [0.5, 0.6) is 0 Å². The maximum Gasteiger partial charge on any atom is 0.251 e. The summed E-state index contributed by atoms with van der Waals surface area (Å²) in [6.45, 7) is 0.571. The van der Waals surface area contributed by atoms with Crippen LogP contribution in [0.2, 0.25) is 0 Å². The molecule has 2 nitrogen and oxygen atoms in total. The first-order valence-corrected chi connectivity index (χ1v) is 7.78. The van der Waals surface area contributed by atoms with Crippen LogP contribution < -0.4 is 5.32 Å². The van der Waals surface area contributed by atoms with E-state index in [1.165, 1.54) is 11.1 Å². The lowest BCUT2D eigenvalue weighted by atomic mass is 9.91. The Morgan fingerprint density at radius 2 is 1.13 bits per heavy atom. The summed E-state index contributed by atoms with van der Waals surface area (Å²) in [4.78, 5) is 12.3. The highest BCUT2D eigenvalue weighted by Crippen LogP contribution is 2.23. The van der Waals surface area contributed by atoms with Gasteiger partial charge >= 0.3 is 0 Å². The summed E-state index contributed by atoms with van der Waals surface area (Å²) in [6, 6.07) is 29.9. The summed E-state index contributed by atoms with van der Waals surface area (Å²) in [5.74, 6) is 0.104. The molecule has 0 aliphatic carbocycles. The SMILES string of the molecule is O=C(NCC(c1ccccc1)c1ccccc1)c1ccccc1. The first-order chi connectivity index (χ1) is 11.3. The van der Waals surface area contributed by atoms with Gasteiger partial charge in [-0.3, -0.25) is 4.79 Å². The fourth-order valence-electron chi connectivity index (χ4n) is 2.69. The molecule has 1 N–H and O–H groups in total. The van der Waals surface area contributed by atoms with Crippen LogP contribution in [-0.4, -0.2) is 12.5 Å². The van der Waals surface area contributed by atoms with E-state index in [-0.39, 0.29) is 11.8 Å². The van der Waals surface area contributed by atoms with Crippen molar-refractivity contribution in [1.82, 2.24) is 5.32 Å². The van der Waals surface area contributed by atoms with Gasteiger partial charge in [-0.1, -0.05) is 78.9 Å². The second-order valence-corrected chi connectivity index (χ2v) is 5.45. The molecule has 3 aromatic rings. The number of amides is 1. The van der Waals surface area contributed by atoms with Crippen LogP contribution in [0.1, 0.15) is 27.4 Å². The highest BCUT2D eigenvalue weighted by Gasteiger charge is 2.15. The zero-order chi connectivity index (χ0) is 15.9. The second-order valence-electron chi connectivity index (χ2n) is 5.45. The topological polar surface area (TPSA) is 29.1 Å². The standard InChI is InChI=1S/C21H19NO/c23-21(19-14-8-3-9-15-19)22-16-20(17-10-4-1-5-11-17)18-12-6-2-7-13-18/h1-15,20H,16H2,(H,22,23). The Morgan fingerprint density at radius 3 is 1.61 bits per heavy atom. The maximum atomic E-state index is 12.3. The molecule has 0 saturated heterocycles. The molecule has 0 bridgehead atoms. The highest BCUT2D eigenvalue weighted by molar-refractivity contribution is 5.94. The van der Waals surface area contributed by atoms with Gasteiger partial charge in [-0.2, -0.15) is 0 Å². The lowest BCUT2D eigenvalue weighted by Gasteiger charge is -2.19. The van der Waals surface area contributed by atoms with Crippen LogP contribution >= 0.6 is 0 Å². The minimum absolute atomic E-state index is 0.0394. The number of hydrogen-bond donors (Lipinski definition) is 1. The molecule has 0 saturated carbocycles. The van der Waals surface area contributed by atoms with Crippen molar-refractivity contribution in [1.29, 1.82) is 0 Å². The fraction of sp³-hybridized carbons (Fsp3) is 0.0952. The Labute approximate surface area is 136 Å². The summed E-state index contributed by atoms with van der Waals surface area (Å²) < 4.78 is 0. The molecule has 0 unspecified atom stereocenters. The van der Waals surface area contributed by atoms with Crippen molar-refractivity contribution in [2.45, 2.75) is 5.92 Å². The molecule has 0 aliphatic heterocycles. The minimum Gasteiger partial charge on any atom is -0.351 e. The van der Waals surface area contributed by atoms with E-state index in [0.29, 0.717) is 12.1 Å². The Hall–Kier alpha value is -2.87. The lowest BCUT2D eigenvalue weighted by molar-refractivity contribution is 0.0952. The van der Waals surface area contributed by atoms with Crippen molar-refractivity contribution in [3.05, 3.63) is 108 Å². The van der Waals surface area contributed by atoms with Crippen molar-refractivity contribution in [3.63, 3.8) is 0 Å². The Morgan fingerprint density at radius 1 is 0.696 bits per heavy atom. The first kappa shape index (κ1) is 15.0. The van der Waals surface area contributed by atoms with Gasteiger partial charge in [0.1, 0.15) is 0 Å². The molecule has 0 aromatic heterocycles. The predicted molar refractivity (Wildman–Crippen MR) is 93.5 cm³/mol. The first-order valence-electron chi connectivity index (χ1n) is 7.78. The third-order valence-corrected chi connectivity index (χ3v) is 3.91. The average Bonchev–Trinajstić information content (AvgIpc) is 2.64. The van der Waals surface area contributed by atoms with Gasteiger partial charge in [0.25, 0.3) is 5.91 Å². The summed E-state index contributed by atoms with van der Waals surface area (Å²) in [7, 11) is 0. The number of benzene rings is 3. The molecule has 23 heavy (non-hydrogen) atoms. The molecule has 3 rings (SSSR count). The van der Waals surface area contributed by atoms with Gasteiger partial charge in [0.15, 0.2) is 0 Å². The minimum atomic E-state index is -0.0394. The van der Waals surface area contributed by atoms with Crippen LogP contribution in [-0.2, 0) is 0 Å². The Kier molecular flexibility index (Phi) is 4.85. The zero-order valence-electron chi connectivity index (χ0n) is 12.9. The highest BCUT2D eigenvalue weighted by atomic mass is 16.1. The second kappa shape index (κ2) is 7.41. The van der Waals surface area contributed by atoms with Gasteiger partial charge in [-0.15, -0.1) is 0 Å². The van der Waals surface area contributed by atoms with Crippen molar-refractivity contribution >= 4 is 5.91 Å². The molecule has 0 aliphatic rings. The largest absolute Gasteiger partial charge is 0.351 e. The molecular formula is C21H19NO. The Bertz CT molecular complexity index is 699. The van der Waals surface area contributed by atoms with Crippen molar-refractivity contribution < 1.29 is 4.79 Å². The molecular weight excluding hydrogens is 282 g/mol. The van der Waals surface area contributed by atoms with Crippen molar-refractivity contribution in [2.24, 2.45) is 0 Å². The molecule has 0 radical (unpaired) electrons. The number of carbonyl (C=O) groups excluding carboxylic acids is 1. The molecule has 0 fully saturated rings. The van der Waals surface area contributed by atoms with Gasteiger partial charge in [-0.25, -0.2) is 0 Å². The van der Waals surface area contributed by atoms with Crippen LogP contribution in [0.25, 0.3) is 0 Å². The monoisotopic (exact) mass is 301 g/mol. The van der Waals surface area contributed by atoms with E-state index in [0.717, 1.165) is 0 Å². The summed E-state index contributed by atoms with van der Waals surface area (Å²) in [6.07, 6.45) is 0. The number of carbonyl (C=O) groups is 1. The Balaban J connectivity index is 1.79. The number of nitrogens with one attached hydrogen (secondary N) is 1. The summed E-state index contributed by atoms with van der Waals surface area (Å²) in [5, 5.41) is 3.06. The van der Waals surface area contributed by atoms with E-state index in [1.54, 1.807) is 0 Å². The van der Waals surface area contributed by atoms with Gasteiger partial charge in [0.2, 0.25) is 0 Å².